The predicted octanol–water partition coefficient (Wildman–Crippen LogP) is 6.16. The number of hydroxylamine groups is 1. The van der Waals surface area contributed by atoms with Gasteiger partial charge in [-0.3, -0.25) is 4.79 Å². The Morgan fingerprint density at radius 3 is 1.38 bits per heavy atom. The summed E-state index contributed by atoms with van der Waals surface area (Å²) in [5.41, 5.74) is 2.68. The molecule has 3 nitrogen and oxygen atoms in total. The molecule has 0 radical (unpaired) electrons. The van der Waals surface area contributed by atoms with Crippen LogP contribution in [0, 0.1) is 0 Å². The summed E-state index contributed by atoms with van der Waals surface area (Å²) in [6, 6.07) is 0. The first kappa shape index (κ1) is 26.9. The molecule has 0 aromatic rings. The van der Waals surface area contributed by atoms with Crippen LogP contribution in [0.4, 0.5) is 0 Å². The second-order valence-electron chi connectivity index (χ2n) is 6.79. The number of unbranched alkanes of at least 4 members (excludes halogenated alkanes) is 15. The molecule has 0 bridgehead atoms. The van der Waals surface area contributed by atoms with E-state index >= 15 is 0 Å². The quantitative estimate of drug-likeness (QED) is 0.179. The fraction of sp³-hybridized carbons (Fsp3) is 0.950. The van der Waals surface area contributed by atoms with Gasteiger partial charge >= 0.3 is 43.7 Å². The van der Waals surface area contributed by atoms with Crippen LogP contribution >= 0.6 is 0 Å². The van der Waals surface area contributed by atoms with Crippen LogP contribution < -0.4 is 5.48 Å². The average molecular weight is 370 g/mol. The molecule has 0 aliphatic carbocycles. The molecule has 0 aromatic carbocycles. The first-order valence-corrected chi connectivity index (χ1v) is 10.2. The third-order valence-corrected chi connectivity index (χ3v) is 4.35. The number of hydrogen-bond acceptors (Lipinski definition) is 3. The van der Waals surface area contributed by atoms with Gasteiger partial charge in [0.05, 0.1) is 0 Å². The number of nitrogens with one attached hydrogen (secondary N) is 1. The van der Waals surface area contributed by atoms with Crippen molar-refractivity contribution in [3.05, 3.63) is 0 Å². The van der Waals surface area contributed by atoms with Crippen molar-refractivity contribution in [2.45, 2.75) is 117 Å². The molecule has 1 N–H and O–H groups in total. The van der Waals surface area contributed by atoms with E-state index in [1.54, 1.807) is 0 Å². The Balaban J connectivity index is -0.000000807. The molecule has 0 spiro atoms. The van der Waals surface area contributed by atoms with Gasteiger partial charge in [0.2, 0.25) is 0 Å². The largest absolute Gasteiger partial charge is 2.00 e. The van der Waals surface area contributed by atoms with E-state index in [0.29, 0.717) is 0 Å². The molecule has 24 heavy (non-hydrogen) atoms. The Bertz CT molecular complexity index is 260. The van der Waals surface area contributed by atoms with Crippen molar-refractivity contribution < 1.29 is 12.5 Å². The molecule has 0 aromatic heterocycles. The molecule has 0 atom stereocenters. The second-order valence-corrected chi connectivity index (χ2v) is 6.79. The summed E-state index contributed by atoms with van der Waals surface area (Å²) in [4.78, 5) is 15.2. The number of hydrogen-bond donors (Lipinski definition) is 1. The molecule has 0 fully saturated rings. The number of carbonyl (C=O) groups is 1. The van der Waals surface area contributed by atoms with Crippen LogP contribution in [0.15, 0.2) is 0 Å². The standard InChI is InChI=1S/C20H41NO2.Ca.2H/c1-3-4-5-6-7-8-9-10-11-12-13-14-15-16-17-18-19-21-23-20(2)22;;;/h21H,3-19H2,1-2H3;;;/q;+2;2*-1. The zero-order valence-electron chi connectivity index (χ0n) is 18.5. The first-order valence-electron chi connectivity index (χ1n) is 10.2. The van der Waals surface area contributed by atoms with Crippen molar-refractivity contribution >= 4 is 43.7 Å². The normalized spacial score (nSPS) is 10.4. The summed E-state index contributed by atoms with van der Waals surface area (Å²) in [5, 5.41) is 0. The van der Waals surface area contributed by atoms with Crippen molar-refractivity contribution in [1.29, 1.82) is 0 Å². The Labute approximate surface area is 184 Å². The SMILES string of the molecule is CCCCCCCCCCCCCCCCCCNOC(C)=O.[Ca+2].[H-].[H-]. The van der Waals surface area contributed by atoms with Crippen molar-refractivity contribution in [3.63, 3.8) is 0 Å². The Hall–Kier alpha value is 0.690. The summed E-state index contributed by atoms with van der Waals surface area (Å²) in [6.45, 7) is 4.47. The molecule has 0 aliphatic heterocycles. The summed E-state index contributed by atoms with van der Waals surface area (Å²) < 4.78 is 0. The van der Waals surface area contributed by atoms with E-state index in [9.17, 15) is 4.79 Å². The van der Waals surface area contributed by atoms with Crippen molar-refractivity contribution in [2.75, 3.05) is 6.54 Å². The summed E-state index contributed by atoms with van der Waals surface area (Å²) in [5.74, 6) is -0.263. The van der Waals surface area contributed by atoms with E-state index < -0.39 is 0 Å². The van der Waals surface area contributed by atoms with Gasteiger partial charge in [-0.15, -0.1) is 0 Å². The number of rotatable bonds is 18. The van der Waals surface area contributed by atoms with Gasteiger partial charge in [-0.25, -0.2) is 0 Å². The molecule has 0 saturated heterocycles. The minimum absolute atomic E-state index is 0. The maximum absolute atomic E-state index is 10.5. The number of carbonyl (C=O) groups excluding carboxylic acids is 1. The average Bonchev–Trinajstić information content (AvgIpc) is 2.53. The van der Waals surface area contributed by atoms with Gasteiger partial charge in [-0.2, -0.15) is 5.48 Å². The zero-order valence-corrected chi connectivity index (χ0v) is 18.8. The predicted molar refractivity (Wildman–Crippen MR) is 107 cm³/mol. The zero-order chi connectivity index (χ0) is 17.0. The van der Waals surface area contributed by atoms with E-state index in [2.05, 4.69) is 17.2 Å². The van der Waals surface area contributed by atoms with E-state index in [1.165, 1.54) is 103 Å². The summed E-state index contributed by atoms with van der Waals surface area (Å²) in [6.07, 6.45) is 22.1. The molecule has 142 valence electrons. The summed E-state index contributed by atoms with van der Waals surface area (Å²) in [7, 11) is 0. The second kappa shape index (κ2) is 23.7. The molecule has 0 rings (SSSR count). The Morgan fingerprint density at radius 1 is 0.708 bits per heavy atom. The van der Waals surface area contributed by atoms with Crippen LogP contribution in [-0.4, -0.2) is 50.3 Å². The van der Waals surface area contributed by atoms with Crippen LogP contribution in [0.5, 0.6) is 0 Å². The Morgan fingerprint density at radius 2 is 1.04 bits per heavy atom. The molecule has 0 aliphatic rings. The molecule has 0 saturated carbocycles. The van der Waals surface area contributed by atoms with E-state index in [1.807, 2.05) is 0 Å². The van der Waals surface area contributed by atoms with E-state index in [-0.39, 0.29) is 46.6 Å². The van der Waals surface area contributed by atoms with Gasteiger partial charge in [-0.05, 0) is 6.42 Å². The Kier molecular flexibility index (Phi) is 26.6. The van der Waals surface area contributed by atoms with Crippen LogP contribution in [-0.2, 0) is 9.63 Å². The fourth-order valence-corrected chi connectivity index (χ4v) is 2.90. The van der Waals surface area contributed by atoms with Gasteiger partial charge in [0, 0.05) is 13.5 Å². The van der Waals surface area contributed by atoms with Gasteiger partial charge in [0.25, 0.3) is 0 Å². The molecular weight excluding hydrogens is 326 g/mol. The third kappa shape index (κ3) is 24.9. The van der Waals surface area contributed by atoms with Gasteiger partial charge in [0.1, 0.15) is 0 Å². The first-order chi connectivity index (χ1) is 11.3. The maximum Gasteiger partial charge on any atom is 2.00 e. The van der Waals surface area contributed by atoms with Crippen molar-refractivity contribution in [1.82, 2.24) is 5.48 Å². The van der Waals surface area contributed by atoms with Gasteiger partial charge in [0.15, 0.2) is 0 Å². The maximum atomic E-state index is 10.5. The van der Waals surface area contributed by atoms with Crippen molar-refractivity contribution in [3.8, 4) is 0 Å². The van der Waals surface area contributed by atoms with E-state index in [4.69, 9.17) is 0 Å². The van der Waals surface area contributed by atoms with Crippen LogP contribution in [0.1, 0.15) is 119 Å². The topological polar surface area (TPSA) is 38.3 Å². The fourth-order valence-electron chi connectivity index (χ4n) is 2.90. The smallest absolute Gasteiger partial charge is 1.00 e. The molecule has 4 heteroatoms. The van der Waals surface area contributed by atoms with Gasteiger partial charge in [-0.1, -0.05) is 103 Å². The van der Waals surface area contributed by atoms with Crippen LogP contribution in [0.25, 0.3) is 0 Å². The summed E-state index contributed by atoms with van der Waals surface area (Å²) >= 11 is 0. The monoisotopic (exact) mass is 369 g/mol. The van der Waals surface area contributed by atoms with Crippen molar-refractivity contribution in [2.24, 2.45) is 0 Å². The minimum Gasteiger partial charge on any atom is -1.00 e. The molecule has 0 unspecified atom stereocenters. The van der Waals surface area contributed by atoms with Crippen LogP contribution in [0.3, 0.4) is 0 Å². The van der Waals surface area contributed by atoms with E-state index in [0.717, 1.165) is 13.0 Å². The molecular formula is C20H43CaNO2. The third-order valence-electron chi connectivity index (χ3n) is 4.35. The minimum atomic E-state index is -0.263. The van der Waals surface area contributed by atoms with Crippen LogP contribution in [0.2, 0.25) is 0 Å². The van der Waals surface area contributed by atoms with Gasteiger partial charge < -0.3 is 7.69 Å². The molecule has 0 heterocycles. The molecule has 0 amide bonds.